The quantitative estimate of drug-likeness (QED) is 0.229. The Kier molecular flexibility index (Phi) is 6.98. The molecule has 5 atom stereocenters. The van der Waals surface area contributed by atoms with Crippen molar-refractivity contribution in [1.82, 2.24) is 9.80 Å². The van der Waals surface area contributed by atoms with Crippen molar-refractivity contribution in [3.8, 4) is 6.07 Å². The summed E-state index contributed by atoms with van der Waals surface area (Å²) in [6.07, 6.45) is 5.36. The van der Waals surface area contributed by atoms with Crippen LogP contribution in [0.4, 0.5) is 4.79 Å². The second-order valence-electron chi connectivity index (χ2n) is 10.0. The van der Waals surface area contributed by atoms with Gasteiger partial charge in [0.2, 0.25) is 5.91 Å². The summed E-state index contributed by atoms with van der Waals surface area (Å²) in [4.78, 5) is 31.0. The zero-order valence-electron chi connectivity index (χ0n) is 18.9. The van der Waals surface area contributed by atoms with E-state index in [0.29, 0.717) is 51.0 Å². The fraction of sp³-hybridized carbons (Fsp3) is 0.864. The lowest BCUT2D eigenvalue weighted by molar-refractivity contribution is -0.200. The molecule has 1 N–H and O–H groups in total. The number of carbonyl (C=O) groups is 2. The molecule has 2 amide bonds. The van der Waals surface area contributed by atoms with Gasteiger partial charge < -0.3 is 19.5 Å². The Balaban J connectivity index is 1.43. The number of carbonyl (C=O) groups excluding carboxylic acids is 1. The van der Waals surface area contributed by atoms with Crippen molar-refractivity contribution in [2.75, 3.05) is 39.5 Å². The summed E-state index contributed by atoms with van der Waals surface area (Å²) in [5.41, 5.74) is 7.32. The molecule has 1 saturated heterocycles. The molecule has 4 saturated carbocycles. The second-order valence-corrected chi connectivity index (χ2v) is 10.0. The van der Waals surface area contributed by atoms with Crippen LogP contribution in [-0.4, -0.2) is 83.5 Å². The molecule has 0 aromatic heterocycles. The van der Waals surface area contributed by atoms with Crippen molar-refractivity contribution >= 4 is 12.0 Å². The third kappa shape index (κ3) is 4.88. The fourth-order valence-corrected chi connectivity index (χ4v) is 7.05. The lowest BCUT2D eigenvalue weighted by Crippen LogP contribution is -2.68. The molecule has 5 fully saturated rings. The third-order valence-corrected chi connectivity index (χ3v) is 7.83. The lowest BCUT2D eigenvalue weighted by Gasteiger charge is -2.63. The first kappa shape index (κ1) is 23.6. The minimum absolute atomic E-state index is 0.203. The summed E-state index contributed by atoms with van der Waals surface area (Å²) in [6, 6.07) is 1.71. The van der Waals surface area contributed by atoms with Gasteiger partial charge in [-0.1, -0.05) is 5.11 Å². The molecule has 33 heavy (non-hydrogen) atoms. The van der Waals surface area contributed by atoms with Gasteiger partial charge in [-0.25, -0.2) is 4.79 Å². The molecule has 5 aliphatic rings. The zero-order chi connectivity index (χ0) is 23.5. The summed E-state index contributed by atoms with van der Waals surface area (Å²) < 4.78 is 11.8. The third-order valence-electron chi connectivity index (χ3n) is 7.83. The number of hydrogen-bond acceptors (Lipinski definition) is 6. The maximum Gasteiger partial charge on any atom is 0.408 e. The number of nitriles is 1. The normalized spacial score (nSPS) is 34.0. The first-order valence-corrected chi connectivity index (χ1v) is 11.8. The maximum absolute atomic E-state index is 13.0. The van der Waals surface area contributed by atoms with Crippen LogP contribution in [0.5, 0.6) is 0 Å². The molecule has 0 aromatic rings. The largest absolute Gasteiger partial charge is 0.465 e. The first-order chi connectivity index (χ1) is 15.9. The van der Waals surface area contributed by atoms with Crippen molar-refractivity contribution in [2.45, 2.75) is 68.5 Å². The fourth-order valence-electron chi connectivity index (χ4n) is 7.05. The van der Waals surface area contributed by atoms with E-state index in [4.69, 9.17) is 15.0 Å². The summed E-state index contributed by atoms with van der Waals surface area (Å²) in [7, 11) is 0. The van der Waals surface area contributed by atoms with Crippen LogP contribution >= 0.6 is 0 Å². The van der Waals surface area contributed by atoms with Crippen LogP contribution in [0.1, 0.15) is 51.4 Å². The Morgan fingerprint density at radius 3 is 2.67 bits per heavy atom. The lowest BCUT2D eigenvalue weighted by atomic mass is 9.50. The minimum Gasteiger partial charge on any atom is -0.465 e. The van der Waals surface area contributed by atoms with Crippen LogP contribution in [0.2, 0.25) is 0 Å². The average molecular weight is 461 g/mol. The molecule has 4 bridgehead atoms. The van der Waals surface area contributed by atoms with Gasteiger partial charge in [0.15, 0.2) is 0 Å². The topological polar surface area (TPSA) is 152 Å². The van der Waals surface area contributed by atoms with E-state index in [9.17, 15) is 20.0 Å². The number of amides is 2. The van der Waals surface area contributed by atoms with Crippen molar-refractivity contribution in [3.63, 3.8) is 0 Å². The molecular formula is C22H32N6O5. The molecule has 0 spiro atoms. The summed E-state index contributed by atoms with van der Waals surface area (Å²) in [5, 5.41) is 22.9. The van der Waals surface area contributed by atoms with Gasteiger partial charge in [0.05, 0.1) is 37.0 Å². The Labute approximate surface area is 193 Å². The van der Waals surface area contributed by atoms with Gasteiger partial charge in [-0.05, 0) is 68.7 Å². The maximum atomic E-state index is 13.0. The van der Waals surface area contributed by atoms with E-state index >= 15 is 0 Å². The number of ether oxygens (including phenoxy) is 2. The van der Waals surface area contributed by atoms with Gasteiger partial charge in [0, 0.05) is 18.0 Å². The first-order valence-electron chi connectivity index (χ1n) is 11.8. The molecule has 1 heterocycles. The summed E-state index contributed by atoms with van der Waals surface area (Å²) in [5.74, 6) is 0.487. The Hall–Kier alpha value is -2.54. The van der Waals surface area contributed by atoms with Gasteiger partial charge in [-0.2, -0.15) is 5.26 Å². The molecule has 0 radical (unpaired) electrons. The Morgan fingerprint density at radius 2 is 2.00 bits per heavy atom. The van der Waals surface area contributed by atoms with Crippen molar-refractivity contribution in [2.24, 2.45) is 17.0 Å². The monoisotopic (exact) mass is 460 g/mol. The molecule has 180 valence electrons. The summed E-state index contributed by atoms with van der Waals surface area (Å²) in [6.45, 7) is 1.71. The predicted octanol–water partition coefficient (Wildman–Crippen LogP) is 2.92. The predicted molar refractivity (Wildman–Crippen MR) is 116 cm³/mol. The standard InChI is InChI=1S/C22H32N6O5/c23-13-18-2-1-4-27(18)19(29)14-28(20(30)31)21-9-16-8-17(10-21)12-22(11-16,15-21)33-7-6-32-5-3-25-26-24/h16-18H,1-12,14-15H2,(H,30,31)/t16-,17?,18-,21?,22?/m0/s1. The number of rotatable bonds is 10. The van der Waals surface area contributed by atoms with Gasteiger partial charge in [-0.15, -0.1) is 0 Å². The van der Waals surface area contributed by atoms with E-state index in [1.54, 1.807) is 0 Å². The van der Waals surface area contributed by atoms with Crippen molar-refractivity contribution in [1.29, 1.82) is 5.26 Å². The highest BCUT2D eigenvalue weighted by Gasteiger charge is 2.61. The Morgan fingerprint density at radius 1 is 1.24 bits per heavy atom. The molecule has 1 aliphatic heterocycles. The molecule has 0 aromatic carbocycles. The number of hydrogen-bond donors (Lipinski definition) is 1. The number of likely N-dealkylation sites (tertiary alicyclic amines) is 1. The van der Waals surface area contributed by atoms with Gasteiger partial charge in [-0.3, -0.25) is 9.69 Å². The highest BCUT2D eigenvalue weighted by atomic mass is 16.5. The van der Waals surface area contributed by atoms with E-state index in [1.165, 1.54) is 9.80 Å². The van der Waals surface area contributed by atoms with E-state index in [-0.39, 0.29) is 19.0 Å². The second kappa shape index (κ2) is 9.75. The molecule has 4 aliphatic carbocycles. The van der Waals surface area contributed by atoms with Crippen LogP contribution in [0.3, 0.4) is 0 Å². The highest BCUT2D eigenvalue weighted by molar-refractivity contribution is 5.83. The van der Waals surface area contributed by atoms with Gasteiger partial charge in [0.1, 0.15) is 12.6 Å². The molecule has 5 rings (SSSR count). The Bertz CT molecular complexity index is 839. The average Bonchev–Trinajstić information content (AvgIpc) is 3.24. The minimum atomic E-state index is -1.07. The van der Waals surface area contributed by atoms with Crippen LogP contribution in [0.25, 0.3) is 10.4 Å². The van der Waals surface area contributed by atoms with Crippen LogP contribution in [0.15, 0.2) is 5.11 Å². The molecule has 3 unspecified atom stereocenters. The van der Waals surface area contributed by atoms with Gasteiger partial charge in [0.25, 0.3) is 0 Å². The van der Waals surface area contributed by atoms with E-state index in [0.717, 1.165) is 38.5 Å². The SMILES string of the molecule is N#C[C@@H]1CCCN1C(=O)CN(C(=O)O)C12CC3C[C@H](CC(OCCOCCN=[N+]=[N-])(C3)C1)C2. The van der Waals surface area contributed by atoms with Crippen molar-refractivity contribution in [3.05, 3.63) is 10.4 Å². The summed E-state index contributed by atoms with van der Waals surface area (Å²) >= 11 is 0. The number of nitrogens with zero attached hydrogens (tertiary/aromatic N) is 6. The van der Waals surface area contributed by atoms with E-state index in [1.807, 2.05) is 0 Å². The molecule has 11 nitrogen and oxygen atoms in total. The smallest absolute Gasteiger partial charge is 0.408 e. The van der Waals surface area contributed by atoms with Crippen molar-refractivity contribution < 1.29 is 24.2 Å². The molecule has 11 heteroatoms. The highest BCUT2D eigenvalue weighted by Crippen LogP contribution is 2.60. The van der Waals surface area contributed by atoms with Crippen LogP contribution < -0.4 is 0 Å². The van der Waals surface area contributed by atoms with Gasteiger partial charge >= 0.3 is 6.09 Å². The molecular weight excluding hydrogens is 428 g/mol. The number of carboxylic acid groups (broad SMARTS) is 1. The van der Waals surface area contributed by atoms with E-state index in [2.05, 4.69) is 16.1 Å². The van der Waals surface area contributed by atoms with Crippen LogP contribution in [0, 0.1) is 23.2 Å². The number of azide groups is 1. The van der Waals surface area contributed by atoms with Crippen LogP contribution in [-0.2, 0) is 14.3 Å². The van der Waals surface area contributed by atoms with E-state index < -0.39 is 23.3 Å². The zero-order valence-corrected chi connectivity index (χ0v) is 18.9.